The van der Waals surface area contributed by atoms with Crippen molar-refractivity contribution in [3.63, 3.8) is 0 Å². The molecule has 9 heteroatoms. The minimum absolute atomic E-state index is 0.157. The number of amides is 3. The second kappa shape index (κ2) is 4.88. The Morgan fingerprint density at radius 2 is 2.26 bits per heavy atom. The quantitative estimate of drug-likeness (QED) is 0.657. The van der Waals surface area contributed by atoms with Crippen LogP contribution in [0.5, 0.6) is 5.75 Å². The number of rotatable bonds is 1. The van der Waals surface area contributed by atoms with Gasteiger partial charge in [0, 0.05) is 6.42 Å². The number of primary amides is 1. The number of benzene rings is 1. The van der Waals surface area contributed by atoms with Crippen LogP contribution in [0.4, 0.5) is 10.5 Å². The largest absolute Gasteiger partial charge is 0.472 e. The van der Waals surface area contributed by atoms with Crippen molar-refractivity contribution in [2.24, 2.45) is 5.73 Å². The third-order valence-electron chi connectivity index (χ3n) is 3.99. The molecule has 1 aromatic carbocycles. The predicted molar refractivity (Wildman–Crippen MR) is 75.5 cm³/mol. The zero-order chi connectivity index (χ0) is 16.8. The molecule has 1 aromatic rings. The Balaban J connectivity index is 2.04. The molecule has 3 amide bonds. The van der Waals surface area contributed by atoms with Gasteiger partial charge in [0.1, 0.15) is 12.1 Å². The van der Waals surface area contributed by atoms with Crippen molar-refractivity contribution < 1.29 is 24.2 Å². The van der Waals surface area contributed by atoms with Crippen LogP contribution in [0.25, 0.3) is 0 Å². The van der Waals surface area contributed by atoms with Crippen LogP contribution >= 0.6 is 0 Å². The van der Waals surface area contributed by atoms with Gasteiger partial charge in [-0.15, -0.1) is 0 Å². The standard InChI is InChI=1S/C14H12N4O5/c15-5-7-2-1-3-8-10(7)23-14(12(20)17-8)4-9(11(16)19)18(6-14)13(21)22/h1-3,9H,4,6H2,(H2,16,19)(H,17,20)(H,21,22)/t9-,14+/m0/s1. The van der Waals surface area contributed by atoms with E-state index in [4.69, 9.17) is 15.7 Å². The number of nitrogens with one attached hydrogen (secondary N) is 1. The lowest BCUT2D eigenvalue weighted by atomic mass is 9.96. The van der Waals surface area contributed by atoms with Gasteiger partial charge in [-0.1, -0.05) is 6.07 Å². The van der Waals surface area contributed by atoms with Gasteiger partial charge in [-0.25, -0.2) is 4.79 Å². The van der Waals surface area contributed by atoms with Crippen LogP contribution in [0.15, 0.2) is 18.2 Å². The molecule has 0 saturated carbocycles. The van der Waals surface area contributed by atoms with Crippen LogP contribution in [0.1, 0.15) is 12.0 Å². The molecule has 2 atom stereocenters. The predicted octanol–water partition coefficient (Wildman–Crippen LogP) is -0.134. The summed E-state index contributed by atoms with van der Waals surface area (Å²) in [5, 5.41) is 21.0. The normalized spacial score (nSPS) is 25.3. The van der Waals surface area contributed by atoms with E-state index in [1.54, 1.807) is 12.1 Å². The number of ether oxygens (including phenoxy) is 1. The minimum Gasteiger partial charge on any atom is -0.472 e. The van der Waals surface area contributed by atoms with Gasteiger partial charge in [0.15, 0.2) is 5.75 Å². The summed E-state index contributed by atoms with van der Waals surface area (Å²) in [4.78, 5) is 36.0. The Kier molecular flexibility index (Phi) is 3.11. The van der Waals surface area contributed by atoms with Gasteiger partial charge >= 0.3 is 6.09 Å². The minimum atomic E-state index is -1.59. The molecule has 0 aromatic heterocycles. The van der Waals surface area contributed by atoms with Gasteiger partial charge in [0.2, 0.25) is 11.5 Å². The summed E-state index contributed by atoms with van der Waals surface area (Å²) < 4.78 is 5.73. The molecule has 23 heavy (non-hydrogen) atoms. The van der Waals surface area contributed by atoms with Crippen LogP contribution in [0, 0.1) is 11.3 Å². The van der Waals surface area contributed by atoms with Crippen molar-refractivity contribution in [2.75, 3.05) is 11.9 Å². The summed E-state index contributed by atoms with van der Waals surface area (Å²) in [5.74, 6) is -1.28. The van der Waals surface area contributed by atoms with Crippen LogP contribution in [-0.4, -0.2) is 46.1 Å². The Morgan fingerprint density at radius 1 is 1.52 bits per heavy atom. The van der Waals surface area contributed by atoms with Crippen molar-refractivity contribution in [1.29, 1.82) is 5.26 Å². The molecular weight excluding hydrogens is 304 g/mol. The number of hydrogen-bond acceptors (Lipinski definition) is 5. The van der Waals surface area contributed by atoms with E-state index >= 15 is 0 Å². The van der Waals surface area contributed by atoms with E-state index in [0.29, 0.717) is 5.69 Å². The fraction of sp³-hybridized carbons (Fsp3) is 0.286. The SMILES string of the molecule is N#Cc1cccc2c1O[C@@]1(C[C@@H](C(N)=O)N(C(=O)O)C1)C(=O)N2. The second-order valence-corrected chi connectivity index (χ2v) is 5.38. The molecule has 0 bridgehead atoms. The number of nitrogens with two attached hydrogens (primary N) is 1. The van der Waals surface area contributed by atoms with E-state index in [1.807, 2.05) is 6.07 Å². The molecule has 1 fully saturated rings. The Bertz CT molecular complexity index is 747. The molecular formula is C14H12N4O5. The first-order valence-electron chi connectivity index (χ1n) is 6.70. The number of fused-ring (bicyclic) bond motifs is 1. The van der Waals surface area contributed by atoms with Gasteiger partial charge in [0.05, 0.1) is 17.8 Å². The number of likely N-dealkylation sites (tertiary alicyclic amines) is 1. The third kappa shape index (κ3) is 2.12. The lowest BCUT2D eigenvalue weighted by molar-refractivity contribution is -0.131. The number of hydrogen-bond donors (Lipinski definition) is 3. The van der Waals surface area contributed by atoms with Gasteiger partial charge in [0.25, 0.3) is 5.91 Å². The van der Waals surface area contributed by atoms with E-state index in [9.17, 15) is 19.5 Å². The lowest BCUT2D eigenvalue weighted by Gasteiger charge is -2.34. The molecule has 118 valence electrons. The summed E-state index contributed by atoms with van der Waals surface area (Å²) >= 11 is 0. The van der Waals surface area contributed by atoms with E-state index in [-0.39, 0.29) is 24.3 Å². The first-order valence-corrected chi connectivity index (χ1v) is 6.70. The highest BCUT2D eigenvalue weighted by atomic mass is 16.5. The average Bonchev–Trinajstić information content (AvgIpc) is 2.89. The maximum atomic E-state index is 12.4. The van der Waals surface area contributed by atoms with Crippen molar-refractivity contribution in [1.82, 2.24) is 4.90 Å². The Labute approximate surface area is 130 Å². The molecule has 3 rings (SSSR count). The fourth-order valence-electron chi connectivity index (χ4n) is 2.88. The maximum absolute atomic E-state index is 12.4. The maximum Gasteiger partial charge on any atom is 0.408 e. The number of nitriles is 1. The molecule has 0 radical (unpaired) electrons. The second-order valence-electron chi connectivity index (χ2n) is 5.38. The summed E-state index contributed by atoms with van der Waals surface area (Å²) in [7, 11) is 0. The molecule has 2 heterocycles. The molecule has 0 unspecified atom stereocenters. The number of carboxylic acid groups (broad SMARTS) is 1. The summed E-state index contributed by atoms with van der Waals surface area (Å²) in [6, 6.07) is 5.44. The molecule has 1 saturated heterocycles. The average molecular weight is 316 g/mol. The van der Waals surface area contributed by atoms with Gasteiger partial charge < -0.3 is 20.9 Å². The number of carbonyl (C=O) groups is 3. The van der Waals surface area contributed by atoms with Crippen molar-refractivity contribution >= 4 is 23.6 Å². The summed E-state index contributed by atoms with van der Waals surface area (Å²) in [6.45, 7) is -0.346. The molecule has 9 nitrogen and oxygen atoms in total. The van der Waals surface area contributed by atoms with E-state index in [2.05, 4.69) is 5.32 Å². The summed E-state index contributed by atoms with van der Waals surface area (Å²) in [6.07, 6.45) is -1.58. The van der Waals surface area contributed by atoms with Crippen molar-refractivity contribution in [3.05, 3.63) is 23.8 Å². The first-order chi connectivity index (χ1) is 10.9. The Morgan fingerprint density at radius 3 is 2.83 bits per heavy atom. The number of para-hydroxylation sites is 1. The molecule has 1 spiro atoms. The first kappa shape index (κ1) is 14.6. The van der Waals surface area contributed by atoms with Crippen LogP contribution in [0.2, 0.25) is 0 Å². The fourth-order valence-corrected chi connectivity index (χ4v) is 2.88. The van der Waals surface area contributed by atoms with Gasteiger partial charge in [-0.2, -0.15) is 5.26 Å². The molecule has 4 N–H and O–H groups in total. The highest BCUT2D eigenvalue weighted by molar-refractivity contribution is 6.03. The summed E-state index contributed by atoms with van der Waals surface area (Å²) in [5.41, 5.74) is 4.17. The number of nitrogens with zero attached hydrogens (tertiary/aromatic N) is 2. The molecule has 2 aliphatic heterocycles. The monoisotopic (exact) mass is 316 g/mol. The van der Waals surface area contributed by atoms with E-state index in [0.717, 1.165) is 4.90 Å². The zero-order valence-corrected chi connectivity index (χ0v) is 11.8. The molecule has 0 aliphatic carbocycles. The lowest BCUT2D eigenvalue weighted by Crippen LogP contribution is -2.53. The Hall–Kier alpha value is -3.28. The van der Waals surface area contributed by atoms with Crippen molar-refractivity contribution in [2.45, 2.75) is 18.1 Å². The van der Waals surface area contributed by atoms with Crippen LogP contribution < -0.4 is 15.8 Å². The van der Waals surface area contributed by atoms with E-state index in [1.165, 1.54) is 6.07 Å². The van der Waals surface area contributed by atoms with Crippen LogP contribution in [0.3, 0.4) is 0 Å². The smallest absolute Gasteiger partial charge is 0.408 e. The highest BCUT2D eigenvalue weighted by Crippen LogP contribution is 2.41. The molecule has 2 aliphatic rings. The van der Waals surface area contributed by atoms with Gasteiger partial charge in [-0.3, -0.25) is 14.5 Å². The van der Waals surface area contributed by atoms with Crippen LogP contribution in [-0.2, 0) is 9.59 Å². The number of carbonyl (C=O) groups excluding carboxylic acids is 2. The van der Waals surface area contributed by atoms with Crippen molar-refractivity contribution in [3.8, 4) is 11.8 Å². The third-order valence-corrected chi connectivity index (χ3v) is 3.99. The topological polar surface area (TPSA) is 146 Å². The van der Waals surface area contributed by atoms with Gasteiger partial charge in [-0.05, 0) is 12.1 Å². The highest BCUT2D eigenvalue weighted by Gasteiger charge is 2.57. The number of anilines is 1. The zero-order valence-electron chi connectivity index (χ0n) is 11.8. The van der Waals surface area contributed by atoms with E-state index < -0.39 is 29.6 Å².